The molecule has 0 fully saturated rings. The van der Waals surface area contributed by atoms with Crippen molar-refractivity contribution in [1.29, 1.82) is 0 Å². The minimum Gasteiger partial charge on any atom is -1.00 e. The van der Waals surface area contributed by atoms with Crippen molar-refractivity contribution in [3.8, 4) is 0 Å². The molecular formula is Cl2TiZn+2. The second-order valence-corrected chi connectivity index (χ2v) is 0. The van der Waals surface area contributed by atoms with E-state index >= 15 is 0 Å². The van der Waals surface area contributed by atoms with Gasteiger partial charge in [-0.15, -0.1) is 0 Å². The summed E-state index contributed by atoms with van der Waals surface area (Å²) in [6.45, 7) is 0. The molecule has 0 aromatic carbocycles. The largest absolute Gasteiger partial charge is 2.00 e. The van der Waals surface area contributed by atoms with E-state index in [2.05, 4.69) is 0 Å². The molecule has 0 heterocycles. The summed E-state index contributed by atoms with van der Waals surface area (Å²) in [5.74, 6) is 0. The fourth-order valence-electron chi connectivity index (χ4n) is 0. The molecule has 0 aromatic heterocycles. The van der Waals surface area contributed by atoms with Crippen LogP contribution in [0.1, 0.15) is 0 Å². The zero-order chi connectivity index (χ0) is 0. The molecule has 18 valence electrons. The fraction of sp³-hybridized carbons (Fsp3) is 0. The first-order valence-corrected chi connectivity index (χ1v) is 0. The van der Waals surface area contributed by atoms with Gasteiger partial charge in [0.05, 0.1) is 0 Å². The Labute approximate surface area is 65.6 Å². The number of hydrogen-bond donors (Lipinski definition) is 0. The van der Waals surface area contributed by atoms with E-state index in [1.165, 1.54) is 0 Å². The van der Waals surface area contributed by atoms with Gasteiger partial charge < -0.3 is 24.8 Å². The van der Waals surface area contributed by atoms with Crippen molar-refractivity contribution < 1.29 is 66.0 Å². The third-order valence-corrected chi connectivity index (χ3v) is 0. The Morgan fingerprint density at radius 3 is 0.750 bits per heavy atom. The van der Waals surface area contributed by atoms with Crippen molar-refractivity contribution in [1.82, 2.24) is 0 Å². The van der Waals surface area contributed by atoms with Gasteiger partial charge in [-0.3, -0.25) is 0 Å². The van der Waals surface area contributed by atoms with Crippen LogP contribution in [-0.2, 0) is 41.2 Å². The average molecular weight is 184 g/mol. The fourth-order valence-corrected chi connectivity index (χ4v) is 0. The first-order valence-electron chi connectivity index (χ1n) is 0. The molecule has 0 spiro atoms. The average Bonchev–Trinajstić information content (AvgIpc) is 0. The maximum atomic E-state index is 0. The van der Waals surface area contributed by atoms with E-state index in [1.54, 1.807) is 0 Å². The molecule has 0 saturated heterocycles. The standard InChI is InChI=1S/2ClH.Ti.Zn/h2*1H;;/q;;2*+2/p-2. The van der Waals surface area contributed by atoms with Crippen LogP contribution >= 0.6 is 0 Å². The van der Waals surface area contributed by atoms with Gasteiger partial charge in [-0.05, 0) is 0 Å². The maximum absolute atomic E-state index is 0. The minimum absolute atomic E-state index is 0. The van der Waals surface area contributed by atoms with Crippen LogP contribution in [0.3, 0.4) is 0 Å². The smallest absolute Gasteiger partial charge is 1.00 e. The Morgan fingerprint density at radius 2 is 0.750 bits per heavy atom. The van der Waals surface area contributed by atoms with Crippen molar-refractivity contribution >= 4 is 0 Å². The summed E-state index contributed by atoms with van der Waals surface area (Å²) in [6.07, 6.45) is 0. The van der Waals surface area contributed by atoms with Crippen LogP contribution in [0.15, 0.2) is 0 Å². The van der Waals surface area contributed by atoms with Gasteiger partial charge in [-0.2, -0.15) is 0 Å². The molecule has 0 radical (unpaired) electrons. The van der Waals surface area contributed by atoms with Gasteiger partial charge in [0.25, 0.3) is 0 Å². The molecule has 0 aliphatic heterocycles. The molecule has 0 N–H and O–H groups in total. The van der Waals surface area contributed by atoms with Crippen LogP contribution < -0.4 is 24.8 Å². The summed E-state index contributed by atoms with van der Waals surface area (Å²) >= 11 is 0. The van der Waals surface area contributed by atoms with E-state index in [-0.39, 0.29) is 66.0 Å². The summed E-state index contributed by atoms with van der Waals surface area (Å²) in [6, 6.07) is 0. The first kappa shape index (κ1) is 38.9. The van der Waals surface area contributed by atoms with Crippen molar-refractivity contribution in [2.45, 2.75) is 0 Å². The molecular weight excluding hydrogens is 184 g/mol. The van der Waals surface area contributed by atoms with Crippen LogP contribution in [-0.4, -0.2) is 0 Å². The van der Waals surface area contributed by atoms with Crippen molar-refractivity contribution in [3.05, 3.63) is 0 Å². The minimum atomic E-state index is 0. The van der Waals surface area contributed by atoms with E-state index < -0.39 is 0 Å². The SMILES string of the molecule is [Cl-].[Cl-].[Ti+2].[Zn+2]. The van der Waals surface area contributed by atoms with Gasteiger partial charge in [0.15, 0.2) is 0 Å². The maximum Gasteiger partial charge on any atom is 2.00 e. The van der Waals surface area contributed by atoms with Crippen molar-refractivity contribution in [3.63, 3.8) is 0 Å². The van der Waals surface area contributed by atoms with E-state index in [1.807, 2.05) is 0 Å². The normalized spacial score (nSPS) is 0. The summed E-state index contributed by atoms with van der Waals surface area (Å²) in [7, 11) is 0. The Balaban J connectivity index is 0. The molecule has 0 unspecified atom stereocenters. The van der Waals surface area contributed by atoms with Crippen LogP contribution in [0.25, 0.3) is 0 Å². The molecule has 0 bridgehead atoms. The zero-order valence-corrected chi connectivity index (χ0v) is 8.00. The molecule has 0 rings (SSSR count). The molecule has 0 amide bonds. The molecule has 0 aliphatic rings. The Bertz CT molecular complexity index is 6.00. The molecule has 0 atom stereocenters. The van der Waals surface area contributed by atoms with Gasteiger partial charge in [0.2, 0.25) is 0 Å². The van der Waals surface area contributed by atoms with Crippen molar-refractivity contribution in [2.75, 3.05) is 0 Å². The van der Waals surface area contributed by atoms with Gasteiger partial charge in [-0.25, -0.2) is 0 Å². The van der Waals surface area contributed by atoms with Crippen LogP contribution in [0, 0.1) is 0 Å². The molecule has 0 nitrogen and oxygen atoms in total. The summed E-state index contributed by atoms with van der Waals surface area (Å²) in [5, 5.41) is 0. The Morgan fingerprint density at radius 1 is 0.750 bits per heavy atom. The predicted octanol–water partition coefficient (Wildman–Crippen LogP) is -6.00. The second kappa shape index (κ2) is 20.5. The first-order chi connectivity index (χ1) is 0. The molecule has 0 aliphatic carbocycles. The summed E-state index contributed by atoms with van der Waals surface area (Å²) in [4.78, 5) is 0. The van der Waals surface area contributed by atoms with Crippen LogP contribution in [0.5, 0.6) is 0 Å². The number of halogens is 2. The molecule has 4 heavy (non-hydrogen) atoms. The van der Waals surface area contributed by atoms with E-state index in [9.17, 15) is 0 Å². The summed E-state index contributed by atoms with van der Waals surface area (Å²) < 4.78 is 0. The summed E-state index contributed by atoms with van der Waals surface area (Å²) in [5.41, 5.74) is 0. The van der Waals surface area contributed by atoms with Gasteiger partial charge >= 0.3 is 41.2 Å². The Hall–Kier alpha value is 1.92. The van der Waals surface area contributed by atoms with Crippen LogP contribution in [0.4, 0.5) is 0 Å². The topological polar surface area (TPSA) is 0 Å². The van der Waals surface area contributed by atoms with E-state index in [0.717, 1.165) is 0 Å². The third kappa shape index (κ3) is 9.07. The number of rotatable bonds is 0. The molecule has 4 heteroatoms. The monoisotopic (exact) mass is 182 g/mol. The van der Waals surface area contributed by atoms with Gasteiger partial charge in [-0.1, -0.05) is 0 Å². The third-order valence-electron chi connectivity index (χ3n) is 0. The van der Waals surface area contributed by atoms with Gasteiger partial charge in [0.1, 0.15) is 0 Å². The quantitative estimate of drug-likeness (QED) is 0.329. The molecule has 0 saturated carbocycles. The van der Waals surface area contributed by atoms with Crippen molar-refractivity contribution in [2.24, 2.45) is 0 Å². The molecule has 0 aromatic rings. The zero-order valence-electron chi connectivity index (χ0n) is 1.96. The number of hydrogen-bond acceptors (Lipinski definition) is 0. The van der Waals surface area contributed by atoms with Gasteiger partial charge in [0, 0.05) is 0 Å². The Kier molecular flexibility index (Phi) is 200. The second-order valence-electron chi connectivity index (χ2n) is 0. The van der Waals surface area contributed by atoms with Crippen LogP contribution in [0.2, 0.25) is 0 Å². The predicted molar refractivity (Wildman–Crippen MR) is 0 cm³/mol. The van der Waals surface area contributed by atoms with E-state index in [4.69, 9.17) is 0 Å². The van der Waals surface area contributed by atoms with E-state index in [0.29, 0.717) is 0 Å².